The van der Waals surface area contributed by atoms with Crippen LogP contribution in [-0.4, -0.2) is 55.6 Å². The Morgan fingerprint density at radius 3 is 2.10 bits per heavy atom. The summed E-state index contributed by atoms with van der Waals surface area (Å²) in [6, 6.07) is 25.2. The third-order valence-electron chi connectivity index (χ3n) is 6.89. The van der Waals surface area contributed by atoms with E-state index in [-0.39, 0.29) is 36.2 Å². The molecule has 0 unspecified atom stereocenters. The summed E-state index contributed by atoms with van der Waals surface area (Å²) in [6.07, 6.45) is 2.65. The first-order valence-corrected chi connectivity index (χ1v) is 15.3. The van der Waals surface area contributed by atoms with Gasteiger partial charge in [0.25, 0.3) is 0 Å². The molecule has 0 bridgehead atoms. The van der Waals surface area contributed by atoms with Gasteiger partial charge in [-0.3, -0.25) is 9.59 Å². The van der Waals surface area contributed by atoms with E-state index in [1.165, 1.54) is 11.4 Å². The van der Waals surface area contributed by atoms with Crippen LogP contribution in [-0.2, 0) is 32.6 Å². The summed E-state index contributed by atoms with van der Waals surface area (Å²) in [5, 5.41) is 3.03. The van der Waals surface area contributed by atoms with Crippen molar-refractivity contribution in [2.24, 2.45) is 0 Å². The van der Waals surface area contributed by atoms with Crippen molar-refractivity contribution in [3.8, 4) is 0 Å². The molecule has 3 aromatic rings. The topological polar surface area (TPSA) is 86.8 Å². The first-order valence-electron chi connectivity index (χ1n) is 13.9. The van der Waals surface area contributed by atoms with Gasteiger partial charge in [-0.1, -0.05) is 91.7 Å². The number of hydrogen-bond donors (Lipinski definition) is 1. The number of amides is 2. The fourth-order valence-corrected chi connectivity index (χ4v) is 5.67. The smallest absolute Gasteiger partial charge is 0.243 e. The highest BCUT2D eigenvalue weighted by Crippen LogP contribution is 2.18. The molecule has 7 nitrogen and oxygen atoms in total. The van der Waals surface area contributed by atoms with Gasteiger partial charge in [0.05, 0.1) is 4.90 Å². The standard InChI is InChI=1S/C32H41N3O4S/c1-4-5-22-33-32(37)30(24-27-13-8-6-9-14-27)35(25-28-20-18-26(2)19-21-28)31(36)17-12-23-34(3)40(38,39)29-15-10-7-11-16-29/h6-11,13-16,18-21,30H,4-5,12,17,22-25H2,1-3H3,(H,33,37)/t30-/m0/s1. The molecular weight excluding hydrogens is 522 g/mol. The first kappa shape index (κ1) is 31.0. The van der Waals surface area contributed by atoms with E-state index in [4.69, 9.17) is 0 Å². The number of carbonyl (C=O) groups is 2. The van der Waals surface area contributed by atoms with E-state index in [2.05, 4.69) is 12.2 Å². The van der Waals surface area contributed by atoms with Crippen LogP contribution in [0.25, 0.3) is 0 Å². The second-order valence-corrected chi connectivity index (χ2v) is 12.1. The summed E-state index contributed by atoms with van der Waals surface area (Å²) in [6.45, 7) is 5.10. The molecule has 0 aromatic heterocycles. The monoisotopic (exact) mass is 563 g/mol. The third kappa shape index (κ3) is 9.03. The van der Waals surface area contributed by atoms with E-state index in [0.717, 1.165) is 29.5 Å². The molecule has 2 amide bonds. The highest BCUT2D eigenvalue weighted by molar-refractivity contribution is 7.89. The van der Waals surface area contributed by atoms with Gasteiger partial charge >= 0.3 is 0 Å². The van der Waals surface area contributed by atoms with Crippen LogP contribution in [0, 0.1) is 6.92 Å². The van der Waals surface area contributed by atoms with Crippen LogP contribution < -0.4 is 5.32 Å². The zero-order chi connectivity index (χ0) is 29.0. The molecule has 8 heteroatoms. The van der Waals surface area contributed by atoms with Crippen LogP contribution in [0.5, 0.6) is 0 Å². The Morgan fingerprint density at radius 2 is 1.48 bits per heavy atom. The summed E-state index contributed by atoms with van der Waals surface area (Å²) >= 11 is 0. The number of carbonyl (C=O) groups excluding carboxylic acids is 2. The van der Waals surface area contributed by atoms with Crippen molar-refractivity contribution < 1.29 is 18.0 Å². The van der Waals surface area contributed by atoms with Gasteiger partial charge in [0.1, 0.15) is 6.04 Å². The molecule has 1 atom stereocenters. The summed E-state index contributed by atoms with van der Waals surface area (Å²) in [4.78, 5) is 29.1. The number of hydrogen-bond acceptors (Lipinski definition) is 4. The van der Waals surface area contributed by atoms with Crippen molar-refractivity contribution in [1.29, 1.82) is 0 Å². The zero-order valence-corrected chi connectivity index (χ0v) is 24.6. The average Bonchev–Trinajstić information content (AvgIpc) is 2.96. The minimum atomic E-state index is -3.65. The molecule has 0 aliphatic carbocycles. The SMILES string of the molecule is CCCCNC(=O)[C@H](Cc1ccccc1)N(Cc1ccc(C)cc1)C(=O)CCCN(C)S(=O)(=O)c1ccccc1. The lowest BCUT2D eigenvalue weighted by Crippen LogP contribution is -2.50. The lowest BCUT2D eigenvalue weighted by molar-refractivity contribution is -0.141. The maximum atomic E-state index is 13.8. The van der Waals surface area contributed by atoms with Crippen LogP contribution in [0.2, 0.25) is 0 Å². The molecule has 0 heterocycles. The number of nitrogens with one attached hydrogen (secondary N) is 1. The van der Waals surface area contributed by atoms with E-state index < -0.39 is 16.1 Å². The summed E-state index contributed by atoms with van der Waals surface area (Å²) in [7, 11) is -2.12. The van der Waals surface area contributed by atoms with E-state index in [9.17, 15) is 18.0 Å². The van der Waals surface area contributed by atoms with Crippen LogP contribution in [0.1, 0.15) is 49.3 Å². The first-order chi connectivity index (χ1) is 19.2. The highest BCUT2D eigenvalue weighted by Gasteiger charge is 2.30. The minimum absolute atomic E-state index is 0.119. The Morgan fingerprint density at radius 1 is 0.850 bits per heavy atom. The molecular formula is C32H41N3O4S. The van der Waals surface area contributed by atoms with Crippen molar-refractivity contribution in [3.63, 3.8) is 0 Å². The third-order valence-corrected chi connectivity index (χ3v) is 8.76. The Bertz CT molecular complexity index is 1310. The van der Waals surface area contributed by atoms with E-state index >= 15 is 0 Å². The van der Waals surface area contributed by atoms with Crippen LogP contribution >= 0.6 is 0 Å². The number of benzene rings is 3. The number of nitrogens with zero attached hydrogens (tertiary/aromatic N) is 2. The van der Waals surface area contributed by atoms with E-state index in [1.54, 1.807) is 35.2 Å². The molecule has 0 aliphatic rings. The van der Waals surface area contributed by atoms with E-state index in [1.807, 2.05) is 61.5 Å². The summed E-state index contributed by atoms with van der Waals surface area (Å²) in [5.41, 5.74) is 3.01. The largest absolute Gasteiger partial charge is 0.354 e. The molecule has 0 aliphatic heterocycles. The van der Waals surface area contributed by atoms with E-state index in [0.29, 0.717) is 19.4 Å². The molecule has 0 saturated carbocycles. The predicted molar refractivity (Wildman–Crippen MR) is 159 cm³/mol. The molecule has 0 radical (unpaired) electrons. The second kappa shape index (κ2) is 15.3. The summed E-state index contributed by atoms with van der Waals surface area (Å²) in [5.74, 6) is -0.362. The quantitative estimate of drug-likeness (QED) is 0.265. The van der Waals surface area contributed by atoms with Crippen molar-refractivity contribution in [2.75, 3.05) is 20.1 Å². The normalized spacial score (nSPS) is 12.2. The lowest BCUT2D eigenvalue weighted by atomic mass is 10.0. The second-order valence-electron chi connectivity index (χ2n) is 10.1. The fraction of sp³-hybridized carbons (Fsp3) is 0.375. The van der Waals surface area contributed by atoms with Gasteiger partial charge < -0.3 is 10.2 Å². The van der Waals surface area contributed by atoms with Gasteiger partial charge in [-0.2, -0.15) is 0 Å². The maximum absolute atomic E-state index is 13.8. The molecule has 0 saturated heterocycles. The van der Waals surface area contributed by atoms with Gasteiger partial charge in [-0.25, -0.2) is 12.7 Å². The Hall–Kier alpha value is -3.49. The number of unbranched alkanes of at least 4 members (excludes halogenated alkanes) is 1. The molecule has 0 spiro atoms. The minimum Gasteiger partial charge on any atom is -0.354 e. The van der Waals surface area contributed by atoms with Crippen molar-refractivity contribution >= 4 is 21.8 Å². The summed E-state index contributed by atoms with van der Waals surface area (Å²) < 4.78 is 27.1. The fourth-order valence-electron chi connectivity index (χ4n) is 4.44. The number of aryl methyl sites for hydroxylation is 1. The number of rotatable bonds is 15. The van der Waals surface area contributed by atoms with Gasteiger partial charge in [0.15, 0.2) is 0 Å². The Kier molecular flexibility index (Phi) is 11.9. The molecule has 3 aromatic carbocycles. The number of sulfonamides is 1. The average molecular weight is 564 g/mol. The molecule has 214 valence electrons. The van der Waals surface area contributed by atoms with Gasteiger partial charge in [0.2, 0.25) is 21.8 Å². The Labute approximate surface area is 239 Å². The van der Waals surface area contributed by atoms with Crippen molar-refractivity contribution in [3.05, 3.63) is 102 Å². The highest BCUT2D eigenvalue weighted by atomic mass is 32.2. The molecule has 0 fully saturated rings. The van der Waals surface area contributed by atoms with Crippen LogP contribution in [0.4, 0.5) is 0 Å². The predicted octanol–water partition coefficient (Wildman–Crippen LogP) is 4.95. The molecule has 1 N–H and O–H groups in total. The van der Waals surface area contributed by atoms with Crippen LogP contribution in [0.15, 0.2) is 89.8 Å². The zero-order valence-electron chi connectivity index (χ0n) is 23.8. The van der Waals surface area contributed by atoms with Gasteiger partial charge in [0, 0.05) is 39.5 Å². The van der Waals surface area contributed by atoms with Gasteiger partial charge in [-0.15, -0.1) is 0 Å². The lowest BCUT2D eigenvalue weighted by Gasteiger charge is -2.32. The molecule has 40 heavy (non-hydrogen) atoms. The maximum Gasteiger partial charge on any atom is 0.243 e. The van der Waals surface area contributed by atoms with Crippen molar-refractivity contribution in [1.82, 2.24) is 14.5 Å². The van der Waals surface area contributed by atoms with Crippen molar-refractivity contribution in [2.45, 2.75) is 63.4 Å². The van der Waals surface area contributed by atoms with Gasteiger partial charge in [-0.05, 0) is 43.0 Å². The molecule has 3 rings (SSSR count). The Balaban J connectivity index is 1.80. The van der Waals surface area contributed by atoms with Crippen LogP contribution in [0.3, 0.4) is 0 Å².